The van der Waals surface area contributed by atoms with Crippen LogP contribution in [0, 0.1) is 0 Å². The molecule has 0 spiro atoms. The van der Waals surface area contributed by atoms with Gasteiger partial charge in [0, 0.05) is 17.4 Å². The van der Waals surface area contributed by atoms with E-state index in [1.807, 2.05) is 24.3 Å². The van der Waals surface area contributed by atoms with E-state index in [9.17, 15) is 4.79 Å². The maximum atomic E-state index is 11.3. The molecule has 0 saturated carbocycles. The molecule has 1 heterocycles. The van der Waals surface area contributed by atoms with Crippen LogP contribution in [0.4, 0.5) is 11.4 Å². The zero-order chi connectivity index (χ0) is 13.7. The van der Waals surface area contributed by atoms with Crippen molar-refractivity contribution in [2.24, 2.45) is 0 Å². The van der Waals surface area contributed by atoms with E-state index in [0.29, 0.717) is 10.7 Å². The lowest BCUT2D eigenvalue weighted by atomic mass is 10.1. The SMILES string of the molecule is CC(=O)c1cccc(NC(=S)Nc2cccnc2)c1. The van der Waals surface area contributed by atoms with E-state index in [1.54, 1.807) is 24.5 Å². The number of ketones is 1. The summed E-state index contributed by atoms with van der Waals surface area (Å²) in [6.07, 6.45) is 3.37. The van der Waals surface area contributed by atoms with Crippen molar-refractivity contribution in [1.29, 1.82) is 0 Å². The van der Waals surface area contributed by atoms with Gasteiger partial charge in [-0.3, -0.25) is 9.78 Å². The lowest BCUT2D eigenvalue weighted by molar-refractivity contribution is 0.101. The molecule has 2 aromatic rings. The molecule has 2 N–H and O–H groups in total. The lowest BCUT2D eigenvalue weighted by Gasteiger charge is -2.10. The number of nitrogens with zero attached hydrogens (tertiary/aromatic N) is 1. The summed E-state index contributed by atoms with van der Waals surface area (Å²) in [7, 11) is 0. The summed E-state index contributed by atoms with van der Waals surface area (Å²) in [6.45, 7) is 1.53. The van der Waals surface area contributed by atoms with Gasteiger partial charge in [0.25, 0.3) is 0 Å². The Kier molecular flexibility index (Phi) is 4.20. The first-order valence-electron chi connectivity index (χ1n) is 5.74. The van der Waals surface area contributed by atoms with Gasteiger partial charge in [0.2, 0.25) is 0 Å². The Morgan fingerprint density at radius 3 is 2.58 bits per heavy atom. The number of carbonyl (C=O) groups excluding carboxylic acids is 1. The Hall–Kier alpha value is -2.27. The maximum absolute atomic E-state index is 11.3. The first kappa shape index (κ1) is 13.2. The predicted octanol–water partition coefficient (Wildman–Crippen LogP) is 3.09. The number of carbonyl (C=O) groups is 1. The number of nitrogens with one attached hydrogen (secondary N) is 2. The minimum Gasteiger partial charge on any atom is -0.332 e. The summed E-state index contributed by atoms with van der Waals surface area (Å²) < 4.78 is 0. The molecule has 0 radical (unpaired) electrons. The molecule has 2 rings (SSSR count). The van der Waals surface area contributed by atoms with Crippen LogP contribution in [0.3, 0.4) is 0 Å². The molecule has 0 aliphatic carbocycles. The normalized spacial score (nSPS) is 9.74. The number of hydrogen-bond donors (Lipinski definition) is 2. The van der Waals surface area contributed by atoms with Crippen molar-refractivity contribution in [2.75, 3.05) is 10.6 Å². The summed E-state index contributed by atoms with van der Waals surface area (Å²) >= 11 is 5.19. The van der Waals surface area contributed by atoms with Crippen molar-refractivity contribution in [2.45, 2.75) is 6.92 Å². The third kappa shape index (κ3) is 3.86. The van der Waals surface area contributed by atoms with Crippen molar-refractivity contribution in [3.63, 3.8) is 0 Å². The second-order valence-corrected chi connectivity index (χ2v) is 4.37. The summed E-state index contributed by atoms with van der Waals surface area (Å²) in [6, 6.07) is 10.9. The standard InChI is InChI=1S/C14H13N3OS/c1-10(18)11-4-2-5-12(8-11)16-14(19)17-13-6-3-7-15-9-13/h2-9H,1H3,(H2,16,17,19). The molecule has 1 aromatic carbocycles. The molecular weight excluding hydrogens is 258 g/mol. The van der Waals surface area contributed by atoms with Crippen LogP contribution in [0.1, 0.15) is 17.3 Å². The molecule has 0 unspecified atom stereocenters. The third-order valence-corrected chi connectivity index (χ3v) is 2.65. The molecule has 0 amide bonds. The van der Waals surface area contributed by atoms with Gasteiger partial charge in [-0.25, -0.2) is 0 Å². The highest BCUT2D eigenvalue weighted by Crippen LogP contribution is 2.12. The molecule has 1 aromatic heterocycles. The van der Waals surface area contributed by atoms with E-state index in [-0.39, 0.29) is 5.78 Å². The van der Waals surface area contributed by atoms with Crippen LogP contribution in [0.15, 0.2) is 48.8 Å². The first-order valence-corrected chi connectivity index (χ1v) is 6.15. The second kappa shape index (κ2) is 6.06. The number of aromatic nitrogens is 1. The fourth-order valence-corrected chi connectivity index (χ4v) is 1.78. The van der Waals surface area contributed by atoms with Gasteiger partial charge in [-0.1, -0.05) is 12.1 Å². The van der Waals surface area contributed by atoms with E-state index in [1.165, 1.54) is 6.92 Å². The molecule has 96 valence electrons. The Labute approximate surface area is 116 Å². The van der Waals surface area contributed by atoms with Crippen molar-refractivity contribution in [3.8, 4) is 0 Å². The van der Waals surface area contributed by atoms with Gasteiger partial charge in [0.05, 0.1) is 11.9 Å². The third-order valence-electron chi connectivity index (χ3n) is 2.45. The van der Waals surface area contributed by atoms with Crippen LogP contribution in [0.25, 0.3) is 0 Å². The Bertz CT molecular complexity index is 599. The molecule has 0 fully saturated rings. The molecule has 0 bridgehead atoms. The number of hydrogen-bond acceptors (Lipinski definition) is 3. The zero-order valence-corrected chi connectivity index (χ0v) is 11.2. The predicted molar refractivity (Wildman–Crippen MR) is 80.5 cm³/mol. The summed E-state index contributed by atoms with van der Waals surface area (Å²) in [4.78, 5) is 15.3. The lowest BCUT2D eigenvalue weighted by Crippen LogP contribution is -2.19. The van der Waals surface area contributed by atoms with Crippen molar-refractivity contribution in [3.05, 3.63) is 54.4 Å². The Morgan fingerprint density at radius 2 is 1.89 bits per heavy atom. The first-order chi connectivity index (χ1) is 9.15. The van der Waals surface area contributed by atoms with Crippen molar-refractivity contribution in [1.82, 2.24) is 4.98 Å². The van der Waals surface area contributed by atoms with Crippen molar-refractivity contribution >= 4 is 34.5 Å². The van der Waals surface area contributed by atoms with E-state index >= 15 is 0 Å². The molecule has 0 aliphatic rings. The highest BCUT2D eigenvalue weighted by Gasteiger charge is 2.02. The smallest absolute Gasteiger partial charge is 0.175 e. The summed E-state index contributed by atoms with van der Waals surface area (Å²) in [5.74, 6) is 0.0230. The molecule has 0 atom stereocenters. The van der Waals surface area contributed by atoms with E-state index in [2.05, 4.69) is 15.6 Å². The number of thiocarbonyl (C=S) groups is 1. The van der Waals surface area contributed by atoms with Crippen LogP contribution in [0.5, 0.6) is 0 Å². The van der Waals surface area contributed by atoms with E-state index < -0.39 is 0 Å². The topological polar surface area (TPSA) is 54.0 Å². The molecule has 19 heavy (non-hydrogen) atoms. The summed E-state index contributed by atoms with van der Waals surface area (Å²) in [5, 5.41) is 6.49. The summed E-state index contributed by atoms with van der Waals surface area (Å²) in [5.41, 5.74) is 2.23. The van der Waals surface area contributed by atoms with Gasteiger partial charge in [-0.05, 0) is 43.4 Å². The monoisotopic (exact) mass is 271 g/mol. The minimum absolute atomic E-state index is 0.0230. The average molecular weight is 271 g/mol. The van der Waals surface area contributed by atoms with Gasteiger partial charge in [0.15, 0.2) is 10.9 Å². The zero-order valence-electron chi connectivity index (χ0n) is 10.4. The van der Waals surface area contributed by atoms with Gasteiger partial charge < -0.3 is 10.6 Å². The number of benzene rings is 1. The van der Waals surface area contributed by atoms with Crippen LogP contribution < -0.4 is 10.6 Å². The van der Waals surface area contributed by atoms with Gasteiger partial charge >= 0.3 is 0 Å². The van der Waals surface area contributed by atoms with E-state index in [4.69, 9.17) is 12.2 Å². The van der Waals surface area contributed by atoms with E-state index in [0.717, 1.165) is 11.4 Å². The number of Topliss-reactive ketones (excluding diaryl/α,β-unsaturated/α-hetero) is 1. The Balaban J connectivity index is 2.03. The molecule has 0 saturated heterocycles. The highest BCUT2D eigenvalue weighted by atomic mass is 32.1. The average Bonchev–Trinajstić information content (AvgIpc) is 2.40. The molecule has 0 aliphatic heterocycles. The Morgan fingerprint density at radius 1 is 1.16 bits per heavy atom. The second-order valence-electron chi connectivity index (χ2n) is 3.96. The number of rotatable bonds is 3. The highest BCUT2D eigenvalue weighted by molar-refractivity contribution is 7.80. The van der Waals surface area contributed by atoms with Crippen LogP contribution in [-0.2, 0) is 0 Å². The van der Waals surface area contributed by atoms with Crippen LogP contribution >= 0.6 is 12.2 Å². The van der Waals surface area contributed by atoms with Gasteiger partial charge in [-0.15, -0.1) is 0 Å². The van der Waals surface area contributed by atoms with Crippen LogP contribution in [-0.4, -0.2) is 15.9 Å². The quantitative estimate of drug-likeness (QED) is 0.663. The largest absolute Gasteiger partial charge is 0.332 e. The van der Waals surface area contributed by atoms with Gasteiger partial charge in [-0.2, -0.15) is 0 Å². The fraction of sp³-hybridized carbons (Fsp3) is 0.0714. The van der Waals surface area contributed by atoms with Gasteiger partial charge in [0.1, 0.15) is 0 Å². The molecule has 4 nitrogen and oxygen atoms in total. The molecular formula is C14H13N3OS. The number of pyridine rings is 1. The van der Waals surface area contributed by atoms with Crippen molar-refractivity contribution < 1.29 is 4.79 Å². The minimum atomic E-state index is 0.0230. The fourth-order valence-electron chi connectivity index (χ4n) is 1.55. The maximum Gasteiger partial charge on any atom is 0.175 e. The molecule has 5 heteroatoms. The van der Waals surface area contributed by atoms with Crippen LogP contribution in [0.2, 0.25) is 0 Å². The number of anilines is 2.